The number of anilines is 3. The molecular weight excluding hydrogens is 314 g/mol. The standard InChI is InChI=1S/C25H21N/c1-2-9-20-16-18-23(19-17-20)26(22-12-4-3-5-13-22)25-15-8-11-21-10-6-7-14-24(21)25/h2-19H,1H3/b9-2+. The average molecular weight is 335 g/mol. The van der Waals surface area contributed by atoms with Gasteiger partial charge in [0.05, 0.1) is 5.69 Å². The number of allylic oxidation sites excluding steroid dienone is 1. The van der Waals surface area contributed by atoms with Gasteiger partial charge >= 0.3 is 0 Å². The number of benzene rings is 4. The smallest absolute Gasteiger partial charge is 0.0540 e. The summed E-state index contributed by atoms with van der Waals surface area (Å²) in [6.45, 7) is 2.04. The summed E-state index contributed by atoms with van der Waals surface area (Å²) in [5.41, 5.74) is 4.71. The summed E-state index contributed by atoms with van der Waals surface area (Å²) in [4.78, 5) is 2.32. The van der Waals surface area contributed by atoms with Crippen molar-refractivity contribution >= 4 is 33.9 Å². The van der Waals surface area contributed by atoms with Gasteiger partial charge < -0.3 is 4.90 Å². The van der Waals surface area contributed by atoms with Gasteiger partial charge in [-0.2, -0.15) is 0 Å². The predicted octanol–water partition coefficient (Wildman–Crippen LogP) is 7.34. The normalized spacial score (nSPS) is 11.1. The highest BCUT2D eigenvalue weighted by molar-refractivity contribution is 5.98. The molecule has 0 unspecified atom stereocenters. The third-order valence-corrected chi connectivity index (χ3v) is 4.53. The Bertz CT molecular complexity index is 1030. The van der Waals surface area contributed by atoms with E-state index in [1.165, 1.54) is 22.0 Å². The minimum absolute atomic E-state index is 1.15. The highest BCUT2D eigenvalue weighted by Gasteiger charge is 2.14. The van der Waals surface area contributed by atoms with Crippen LogP contribution in [0.25, 0.3) is 16.8 Å². The molecule has 0 aliphatic rings. The van der Waals surface area contributed by atoms with Gasteiger partial charge in [-0.1, -0.05) is 78.9 Å². The van der Waals surface area contributed by atoms with Crippen molar-refractivity contribution in [1.29, 1.82) is 0 Å². The number of nitrogens with zero attached hydrogens (tertiary/aromatic N) is 1. The Balaban J connectivity index is 1.91. The first kappa shape index (κ1) is 16.2. The van der Waals surface area contributed by atoms with E-state index in [1.807, 2.05) is 6.92 Å². The summed E-state index contributed by atoms with van der Waals surface area (Å²) < 4.78 is 0. The number of fused-ring (bicyclic) bond motifs is 1. The molecule has 0 spiro atoms. The summed E-state index contributed by atoms with van der Waals surface area (Å²) in [7, 11) is 0. The van der Waals surface area contributed by atoms with Gasteiger partial charge in [0.2, 0.25) is 0 Å². The van der Waals surface area contributed by atoms with Crippen LogP contribution in [0.5, 0.6) is 0 Å². The Hall–Kier alpha value is -3.32. The first-order chi connectivity index (χ1) is 12.9. The second-order valence-electron chi connectivity index (χ2n) is 6.26. The SMILES string of the molecule is C/C=C/c1ccc(N(c2ccccc2)c2cccc3ccccc23)cc1. The second-order valence-corrected chi connectivity index (χ2v) is 6.26. The molecule has 26 heavy (non-hydrogen) atoms. The molecule has 0 heterocycles. The van der Waals surface area contributed by atoms with Crippen LogP contribution in [-0.4, -0.2) is 0 Å². The Morgan fingerprint density at radius 1 is 0.615 bits per heavy atom. The molecule has 4 rings (SSSR count). The van der Waals surface area contributed by atoms with Crippen molar-refractivity contribution in [3.63, 3.8) is 0 Å². The number of para-hydroxylation sites is 1. The van der Waals surface area contributed by atoms with Crippen LogP contribution < -0.4 is 4.90 Å². The Kier molecular flexibility index (Phi) is 4.53. The lowest BCUT2D eigenvalue weighted by Crippen LogP contribution is -2.10. The Morgan fingerprint density at radius 3 is 2.04 bits per heavy atom. The lowest BCUT2D eigenvalue weighted by atomic mass is 10.1. The topological polar surface area (TPSA) is 3.24 Å². The zero-order valence-electron chi connectivity index (χ0n) is 14.8. The molecule has 0 bridgehead atoms. The van der Waals surface area contributed by atoms with Crippen LogP contribution in [0.15, 0.2) is 103 Å². The van der Waals surface area contributed by atoms with Crippen molar-refractivity contribution in [2.24, 2.45) is 0 Å². The van der Waals surface area contributed by atoms with Gasteiger partial charge in [0.1, 0.15) is 0 Å². The van der Waals surface area contributed by atoms with Crippen LogP contribution in [-0.2, 0) is 0 Å². The largest absolute Gasteiger partial charge is 0.310 e. The average Bonchev–Trinajstić information content (AvgIpc) is 2.71. The Morgan fingerprint density at radius 2 is 1.27 bits per heavy atom. The fraction of sp³-hybridized carbons (Fsp3) is 0.0400. The first-order valence-electron chi connectivity index (χ1n) is 8.92. The van der Waals surface area contributed by atoms with Crippen molar-refractivity contribution in [2.75, 3.05) is 4.90 Å². The van der Waals surface area contributed by atoms with Crippen molar-refractivity contribution in [3.8, 4) is 0 Å². The maximum absolute atomic E-state index is 2.32. The summed E-state index contributed by atoms with van der Waals surface area (Å²) in [6.07, 6.45) is 4.18. The van der Waals surface area contributed by atoms with Crippen molar-refractivity contribution in [1.82, 2.24) is 0 Å². The van der Waals surface area contributed by atoms with E-state index in [4.69, 9.17) is 0 Å². The van der Waals surface area contributed by atoms with E-state index in [-0.39, 0.29) is 0 Å². The fourth-order valence-corrected chi connectivity index (χ4v) is 3.33. The Labute approximate surface area is 154 Å². The zero-order chi connectivity index (χ0) is 17.8. The molecule has 0 radical (unpaired) electrons. The van der Waals surface area contributed by atoms with Gasteiger partial charge in [-0.3, -0.25) is 0 Å². The second kappa shape index (κ2) is 7.28. The lowest BCUT2D eigenvalue weighted by molar-refractivity contribution is 1.30. The lowest BCUT2D eigenvalue weighted by Gasteiger charge is -2.27. The van der Waals surface area contributed by atoms with Crippen LogP contribution >= 0.6 is 0 Å². The number of rotatable bonds is 4. The zero-order valence-corrected chi connectivity index (χ0v) is 14.8. The van der Waals surface area contributed by atoms with E-state index in [0.717, 1.165) is 11.4 Å². The van der Waals surface area contributed by atoms with Crippen LogP contribution in [0, 0.1) is 0 Å². The van der Waals surface area contributed by atoms with Crippen molar-refractivity contribution in [2.45, 2.75) is 6.92 Å². The molecule has 0 saturated carbocycles. The molecule has 0 N–H and O–H groups in total. The van der Waals surface area contributed by atoms with E-state index in [9.17, 15) is 0 Å². The van der Waals surface area contributed by atoms with Gasteiger partial charge in [0.25, 0.3) is 0 Å². The molecule has 4 aromatic rings. The molecule has 0 saturated heterocycles. The molecule has 1 heteroatoms. The van der Waals surface area contributed by atoms with Crippen LogP contribution in [0.3, 0.4) is 0 Å². The van der Waals surface area contributed by atoms with E-state index >= 15 is 0 Å². The molecule has 0 aromatic heterocycles. The maximum Gasteiger partial charge on any atom is 0.0540 e. The molecule has 0 aliphatic heterocycles. The van der Waals surface area contributed by atoms with Crippen LogP contribution in [0.4, 0.5) is 17.1 Å². The quantitative estimate of drug-likeness (QED) is 0.377. The van der Waals surface area contributed by atoms with Crippen LogP contribution in [0.2, 0.25) is 0 Å². The minimum atomic E-state index is 1.15. The van der Waals surface area contributed by atoms with E-state index in [0.29, 0.717) is 0 Å². The molecule has 0 atom stereocenters. The minimum Gasteiger partial charge on any atom is -0.310 e. The highest BCUT2D eigenvalue weighted by Crippen LogP contribution is 2.38. The highest BCUT2D eigenvalue weighted by atomic mass is 15.1. The molecule has 126 valence electrons. The van der Waals surface area contributed by atoms with E-state index in [2.05, 4.69) is 114 Å². The van der Waals surface area contributed by atoms with Gasteiger partial charge in [-0.05, 0) is 48.2 Å². The molecule has 0 amide bonds. The first-order valence-corrected chi connectivity index (χ1v) is 8.92. The summed E-state index contributed by atoms with van der Waals surface area (Å²) in [5, 5.41) is 2.49. The predicted molar refractivity (Wildman–Crippen MR) is 113 cm³/mol. The van der Waals surface area contributed by atoms with Crippen molar-refractivity contribution in [3.05, 3.63) is 109 Å². The van der Waals surface area contributed by atoms with E-state index < -0.39 is 0 Å². The fourth-order valence-electron chi connectivity index (χ4n) is 3.33. The maximum atomic E-state index is 2.32. The molecule has 0 fully saturated rings. The van der Waals surface area contributed by atoms with E-state index in [1.54, 1.807) is 0 Å². The van der Waals surface area contributed by atoms with Gasteiger partial charge in [0, 0.05) is 16.8 Å². The van der Waals surface area contributed by atoms with Crippen LogP contribution in [0.1, 0.15) is 12.5 Å². The number of hydrogen-bond acceptors (Lipinski definition) is 1. The summed E-state index contributed by atoms with van der Waals surface area (Å²) in [6, 6.07) is 34.3. The van der Waals surface area contributed by atoms with Gasteiger partial charge in [-0.25, -0.2) is 0 Å². The third kappa shape index (κ3) is 3.12. The molecule has 1 nitrogen and oxygen atoms in total. The number of hydrogen-bond donors (Lipinski definition) is 0. The third-order valence-electron chi connectivity index (χ3n) is 4.53. The molecule has 4 aromatic carbocycles. The monoisotopic (exact) mass is 335 g/mol. The summed E-state index contributed by atoms with van der Waals surface area (Å²) >= 11 is 0. The summed E-state index contributed by atoms with van der Waals surface area (Å²) in [5.74, 6) is 0. The molecular formula is C25H21N. The van der Waals surface area contributed by atoms with Gasteiger partial charge in [0.15, 0.2) is 0 Å². The van der Waals surface area contributed by atoms with Gasteiger partial charge in [-0.15, -0.1) is 0 Å². The van der Waals surface area contributed by atoms with Crippen molar-refractivity contribution < 1.29 is 0 Å². The molecule has 0 aliphatic carbocycles.